The first-order chi connectivity index (χ1) is 9.22. The maximum atomic E-state index is 13.4. The molecule has 0 aromatic heterocycles. The molecule has 2 rings (SSSR count). The first-order valence-corrected chi connectivity index (χ1v) is 7.18. The highest BCUT2D eigenvalue weighted by Gasteiger charge is 2.35. The molecule has 20 heavy (non-hydrogen) atoms. The van der Waals surface area contributed by atoms with E-state index in [4.69, 9.17) is 0 Å². The lowest BCUT2D eigenvalue weighted by atomic mass is 9.83. The fourth-order valence-corrected chi connectivity index (χ4v) is 2.78. The van der Waals surface area contributed by atoms with Gasteiger partial charge in [-0.25, -0.2) is 8.78 Å². The summed E-state index contributed by atoms with van der Waals surface area (Å²) in [6.07, 6.45) is 1.17. The van der Waals surface area contributed by atoms with Crippen LogP contribution < -0.4 is 0 Å². The van der Waals surface area contributed by atoms with Crippen LogP contribution in [0.3, 0.4) is 0 Å². The molecule has 0 spiro atoms. The van der Waals surface area contributed by atoms with Crippen molar-refractivity contribution in [2.24, 2.45) is 0 Å². The van der Waals surface area contributed by atoms with Crippen LogP contribution in [0.1, 0.15) is 44.7 Å². The lowest BCUT2D eigenvalue weighted by Gasteiger charge is -2.40. The fourth-order valence-electron chi connectivity index (χ4n) is 2.78. The molecule has 1 aliphatic rings. The van der Waals surface area contributed by atoms with Crippen molar-refractivity contribution in [1.29, 1.82) is 0 Å². The zero-order valence-corrected chi connectivity index (χ0v) is 12.4. The third kappa shape index (κ3) is 3.18. The molecule has 0 unspecified atom stereocenters. The Bertz CT molecular complexity index is 460. The van der Waals surface area contributed by atoms with Gasteiger partial charge in [-0.3, -0.25) is 0 Å². The molecule has 0 bridgehead atoms. The minimum absolute atomic E-state index is 0.0327. The quantitative estimate of drug-likeness (QED) is 0.918. The molecule has 1 aliphatic heterocycles. The Morgan fingerprint density at radius 2 is 1.85 bits per heavy atom. The van der Waals surface area contributed by atoms with Gasteiger partial charge in [-0.05, 0) is 38.3 Å². The van der Waals surface area contributed by atoms with Gasteiger partial charge in [0.25, 0.3) is 5.92 Å². The number of nitrogens with zero attached hydrogens (tertiary/aromatic N) is 1. The smallest absolute Gasteiger partial charge is 0.270 e. The maximum Gasteiger partial charge on any atom is 0.270 e. The predicted molar refractivity (Wildman–Crippen MR) is 75.8 cm³/mol. The SMILES string of the molecule is CC(C)N1CCC(O)(c2cccc(C(C)(F)F)c2)CC1. The van der Waals surface area contributed by atoms with Gasteiger partial charge in [0, 0.05) is 31.6 Å². The first-order valence-electron chi connectivity index (χ1n) is 7.18. The summed E-state index contributed by atoms with van der Waals surface area (Å²) in [5, 5.41) is 10.8. The highest BCUT2D eigenvalue weighted by molar-refractivity contribution is 5.31. The fraction of sp³-hybridized carbons (Fsp3) is 0.625. The van der Waals surface area contributed by atoms with E-state index in [1.165, 1.54) is 12.1 Å². The number of halogens is 2. The Labute approximate surface area is 119 Å². The number of likely N-dealkylation sites (tertiary alicyclic amines) is 1. The molecule has 0 saturated carbocycles. The molecule has 112 valence electrons. The van der Waals surface area contributed by atoms with Crippen molar-refractivity contribution in [3.8, 4) is 0 Å². The third-order valence-corrected chi connectivity index (χ3v) is 4.26. The van der Waals surface area contributed by atoms with E-state index in [1.54, 1.807) is 12.1 Å². The lowest BCUT2D eigenvalue weighted by molar-refractivity contribution is -0.0330. The average Bonchev–Trinajstić information content (AvgIpc) is 2.38. The van der Waals surface area contributed by atoms with Gasteiger partial charge < -0.3 is 10.0 Å². The summed E-state index contributed by atoms with van der Waals surface area (Å²) in [7, 11) is 0. The Balaban J connectivity index is 2.20. The standard InChI is InChI=1S/C16H23F2NO/c1-12(2)19-9-7-16(20,8-10-19)14-6-4-5-13(11-14)15(3,17)18/h4-6,11-12,20H,7-10H2,1-3H3. The zero-order chi connectivity index (χ0) is 15.0. The van der Waals surface area contributed by atoms with Crippen LogP contribution in [0, 0.1) is 0 Å². The second-order valence-electron chi connectivity index (χ2n) is 6.13. The van der Waals surface area contributed by atoms with Crippen LogP contribution in [0.4, 0.5) is 8.78 Å². The second-order valence-corrected chi connectivity index (χ2v) is 6.13. The van der Waals surface area contributed by atoms with Gasteiger partial charge in [-0.1, -0.05) is 18.2 Å². The van der Waals surface area contributed by atoms with E-state index in [0.717, 1.165) is 20.0 Å². The molecule has 0 radical (unpaired) electrons. The topological polar surface area (TPSA) is 23.5 Å². The van der Waals surface area contributed by atoms with Crippen molar-refractivity contribution in [2.75, 3.05) is 13.1 Å². The number of alkyl halides is 2. The van der Waals surface area contributed by atoms with Crippen molar-refractivity contribution >= 4 is 0 Å². The Kier molecular flexibility index (Phi) is 4.17. The van der Waals surface area contributed by atoms with Crippen LogP contribution in [0.5, 0.6) is 0 Å². The van der Waals surface area contributed by atoms with Crippen molar-refractivity contribution in [2.45, 2.75) is 51.2 Å². The molecule has 0 aliphatic carbocycles. The van der Waals surface area contributed by atoms with E-state index >= 15 is 0 Å². The number of hydrogen-bond acceptors (Lipinski definition) is 2. The Morgan fingerprint density at radius 3 is 2.35 bits per heavy atom. The molecule has 2 nitrogen and oxygen atoms in total. The van der Waals surface area contributed by atoms with Gasteiger partial charge >= 0.3 is 0 Å². The summed E-state index contributed by atoms with van der Waals surface area (Å²) in [4.78, 5) is 2.30. The highest BCUT2D eigenvalue weighted by atomic mass is 19.3. The van der Waals surface area contributed by atoms with E-state index in [-0.39, 0.29) is 5.56 Å². The van der Waals surface area contributed by atoms with Crippen molar-refractivity contribution in [3.63, 3.8) is 0 Å². The largest absolute Gasteiger partial charge is 0.385 e. The van der Waals surface area contributed by atoms with E-state index in [2.05, 4.69) is 18.7 Å². The second kappa shape index (κ2) is 5.41. The van der Waals surface area contributed by atoms with Gasteiger partial charge in [0.15, 0.2) is 0 Å². The molecule has 1 saturated heterocycles. The van der Waals surface area contributed by atoms with Crippen molar-refractivity contribution in [1.82, 2.24) is 4.90 Å². The number of hydrogen-bond donors (Lipinski definition) is 1. The van der Waals surface area contributed by atoms with Crippen LogP contribution in [0.2, 0.25) is 0 Å². The van der Waals surface area contributed by atoms with Gasteiger partial charge in [0.05, 0.1) is 5.60 Å². The summed E-state index contributed by atoms with van der Waals surface area (Å²) >= 11 is 0. The normalized spacial score (nSPS) is 20.4. The highest BCUT2D eigenvalue weighted by Crippen LogP contribution is 2.36. The minimum atomic E-state index is -2.87. The van der Waals surface area contributed by atoms with Gasteiger partial charge in [0.2, 0.25) is 0 Å². The van der Waals surface area contributed by atoms with E-state index < -0.39 is 11.5 Å². The lowest BCUT2D eigenvalue weighted by Crippen LogP contribution is -2.45. The van der Waals surface area contributed by atoms with Crippen LogP contribution >= 0.6 is 0 Å². The number of rotatable bonds is 3. The first kappa shape index (κ1) is 15.4. The van der Waals surface area contributed by atoms with E-state index in [1.807, 2.05) is 0 Å². The molecule has 1 heterocycles. The number of aliphatic hydroxyl groups is 1. The van der Waals surface area contributed by atoms with Gasteiger partial charge in [0.1, 0.15) is 0 Å². The molecular formula is C16H23F2NO. The van der Waals surface area contributed by atoms with Crippen molar-refractivity contribution in [3.05, 3.63) is 35.4 Å². The number of piperidine rings is 1. The molecule has 1 N–H and O–H groups in total. The summed E-state index contributed by atoms with van der Waals surface area (Å²) in [6, 6.07) is 6.67. The third-order valence-electron chi connectivity index (χ3n) is 4.26. The molecular weight excluding hydrogens is 260 g/mol. The van der Waals surface area contributed by atoms with Crippen LogP contribution in [0.25, 0.3) is 0 Å². The molecule has 0 atom stereocenters. The summed E-state index contributed by atoms with van der Waals surface area (Å²) < 4.78 is 26.8. The van der Waals surface area contributed by atoms with Crippen LogP contribution in [0.15, 0.2) is 24.3 Å². The summed E-state index contributed by atoms with van der Waals surface area (Å²) in [5.41, 5.74) is -0.401. The van der Waals surface area contributed by atoms with Crippen molar-refractivity contribution < 1.29 is 13.9 Å². The number of benzene rings is 1. The maximum absolute atomic E-state index is 13.4. The summed E-state index contributed by atoms with van der Waals surface area (Å²) in [5.74, 6) is -2.87. The van der Waals surface area contributed by atoms with Crippen LogP contribution in [-0.4, -0.2) is 29.1 Å². The predicted octanol–water partition coefficient (Wildman–Crippen LogP) is 3.49. The Hall–Kier alpha value is -1.00. The van der Waals surface area contributed by atoms with Crippen LogP contribution in [-0.2, 0) is 11.5 Å². The van der Waals surface area contributed by atoms with Gasteiger partial charge in [-0.15, -0.1) is 0 Å². The molecule has 1 aromatic carbocycles. The minimum Gasteiger partial charge on any atom is -0.385 e. The van der Waals surface area contributed by atoms with E-state index in [9.17, 15) is 13.9 Å². The monoisotopic (exact) mass is 283 g/mol. The average molecular weight is 283 g/mol. The molecule has 1 fully saturated rings. The Morgan fingerprint density at radius 1 is 1.25 bits per heavy atom. The summed E-state index contributed by atoms with van der Waals surface area (Å²) in [6.45, 7) is 6.73. The van der Waals surface area contributed by atoms with Gasteiger partial charge in [-0.2, -0.15) is 0 Å². The molecule has 4 heteroatoms. The molecule has 1 aromatic rings. The molecule has 0 amide bonds. The van der Waals surface area contributed by atoms with E-state index in [0.29, 0.717) is 24.4 Å². The zero-order valence-electron chi connectivity index (χ0n) is 12.4.